The van der Waals surface area contributed by atoms with Gasteiger partial charge in [-0.15, -0.1) is 0 Å². The van der Waals surface area contributed by atoms with Crippen LogP contribution in [0.5, 0.6) is 11.5 Å². The Balaban J connectivity index is 0.000000414. The fourth-order valence-electron chi connectivity index (χ4n) is 3.43. The molecule has 1 heterocycles. The third-order valence-corrected chi connectivity index (χ3v) is 5.32. The predicted octanol–water partition coefficient (Wildman–Crippen LogP) is 2.86. The largest absolute Gasteiger partial charge is 0.508 e. The number of hydrogen-bond acceptors (Lipinski definition) is 6. The second-order valence-corrected chi connectivity index (χ2v) is 8.08. The van der Waals surface area contributed by atoms with Crippen molar-refractivity contribution in [3.63, 3.8) is 0 Å². The average Bonchev–Trinajstić information content (AvgIpc) is 2.77. The van der Waals surface area contributed by atoms with Crippen molar-refractivity contribution in [3.05, 3.63) is 71.8 Å². The fraction of sp³-hybridized carbons (Fsp3) is 0.360. The number of aliphatic carboxylic acids is 2. The second kappa shape index (κ2) is 12.6. The maximum absolute atomic E-state index is 10.9. The molecule has 1 aliphatic rings. The number of aromatic hydroxyl groups is 1. The van der Waals surface area contributed by atoms with Crippen molar-refractivity contribution in [1.29, 1.82) is 0 Å². The van der Waals surface area contributed by atoms with Crippen molar-refractivity contribution in [2.75, 3.05) is 26.2 Å². The van der Waals surface area contributed by atoms with Crippen LogP contribution in [0.25, 0.3) is 0 Å². The molecule has 178 valence electrons. The molecule has 0 spiro atoms. The zero-order valence-electron chi connectivity index (χ0n) is 18.7. The van der Waals surface area contributed by atoms with Gasteiger partial charge in [0.25, 0.3) is 0 Å². The fourth-order valence-corrected chi connectivity index (χ4v) is 3.43. The van der Waals surface area contributed by atoms with E-state index in [1.807, 2.05) is 0 Å². The standard InChI is InChI=1S/C21H27NO3.C4H4O4/c1-17-2-4-18(5-3-17)16-21(24)10-12-22(13-11-21)14-15-25-20-8-6-19(23)7-9-20;5-3(6)1-2-4(7)8/h2-9,23-24H,10-16H2,1H3;1-2H,(H,5,6)(H,7,8). The SMILES string of the molecule is Cc1ccc(CC2(O)CCN(CCOc3ccc(O)cc3)CC2)cc1.O=C(O)C=CC(=O)O. The van der Waals surface area contributed by atoms with Crippen molar-refractivity contribution in [2.45, 2.75) is 31.8 Å². The van der Waals surface area contributed by atoms with Gasteiger partial charge >= 0.3 is 11.9 Å². The minimum atomic E-state index is -1.26. The van der Waals surface area contributed by atoms with Gasteiger partial charge in [0.2, 0.25) is 0 Å². The second-order valence-electron chi connectivity index (χ2n) is 8.08. The van der Waals surface area contributed by atoms with Gasteiger partial charge in [-0.05, 0) is 49.6 Å². The molecule has 1 aliphatic heterocycles. The summed E-state index contributed by atoms with van der Waals surface area (Å²) in [7, 11) is 0. The molecule has 0 unspecified atom stereocenters. The van der Waals surface area contributed by atoms with E-state index < -0.39 is 17.5 Å². The molecule has 1 fully saturated rings. The summed E-state index contributed by atoms with van der Waals surface area (Å²) in [6.07, 6.45) is 3.43. The molecular formula is C25H31NO7. The molecule has 0 atom stereocenters. The average molecular weight is 458 g/mol. The summed E-state index contributed by atoms with van der Waals surface area (Å²) in [5, 5.41) is 35.8. The number of ether oxygens (including phenoxy) is 1. The van der Waals surface area contributed by atoms with E-state index in [1.165, 1.54) is 11.1 Å². The van der Waals surface area contributed by atoms with Gasteiger partial charge < -0.3 is 25.2 Å². The van der Waals surface area contributed by atoms with Crippen molar-refractivity contribution in [3.8, 4) is 11.5 Å². The highest BCUT2D eigenvalue weighted by Gasteiger charge is 2.32. The number of hydrogen-bond donors (Lipinski definition) is 4. The van der Waals surface area contributed by atoms with Gasteiger partial charge in [0, 0.05) is 38.2 Å². The Morgan fingerprint density at radius 3 is 2.03 bits per heavy atom. The topological polar surface area (TPSA) is 128 Å². The van der Waals surface area contributed by atoms with Crippen LogP contribution in [-0.4, -0.2) is 69.1 Å². The molecule has 0 radical (unpaired) electrons. The Hall–Kier alpha value is -3.36. The van der Waals surface area contributed by atoms with Crippen LogP contribution < -0.4 is 4.74 Å². The Labute approximate surface area is 193 Å². The van der Waals surface area contributed by atoms with Crippen LogP contribution in [0.15, 0.2) is 60.7 Å². The number of piperidine rings is 1. The van der Waals surface area contributed by atoms with Crippen LogP contribution in [0.4, 0.5) is 0 Å². The normalized spacial score (nSPS) is 15.5. The quantitative estimate of drug-likeness (QED) is 0.446. The van der Waals surface area contributed by atoms with Crippen LogP contribution in [0, 0.1) is 6.92 Å². The van der Waals surface area contributed by atoms with E-state index in [0.29, 0.717) is 18.8 Å². The number of carboxylic acids is 2. The number of likely N-dealkylation sites (tertiary alicyclic amines) is 1. The Bertz CT molecular complexity index is 899. The minimum absolute atomic E-state index is 0.247. The third kappa shape index (κ3) is 10.2. The van der Waals surface area contributed by atoms with Crippen molar-refractivity contribution >= 4 is 11.9 Å². The van der Waals surface area contributed by atoms with Crippen LogP contribution in [-0.2, 0) is 16.0 Å². The van der Waals surface area contributed by atoms with Gasteiger partial charge in [0.1, 0.15) is 18.1 Å². The highest BCUT2D eigenvalue weighted by molar-refractivity contribution is 5.89. The molecule has 8 nitrogen and oxygen atoms in total. The van der Waals surface area contributed by atoms with Crippen molar-refractivity contribution in [1.82, 2.24) is 4.90 Å². The Morgan fingerprint density at radius 1 is 0.970 bits per heavy atom. The highest BCUT2D eigenvalue weighted by Crippen LogP contribution is 2.26. The number of nitrogens with zero attached hydrogens (tertiary/aromatic N) is 1. The smallest absolute Gasteiger partial charge is 0.328 e. The summed E-state index contributed by atoms with van der Waals surface area (Å²) in [4.78, 5) is 21.4. The van der Waals surface area contributed by atoms with Crippen LogP contribution >= 0.6 is 0 Å². The number of carboxylic acid groups (broad SMARTS) is 2. The maximum atomic E-state index is 10.9. The first-order valence-corrected chi connectivity index (χ1v) is 10.7. The van der Waals surface area contributed by atoms with Gasteiger partial charge in [-0.3, -0.25) is 4.90 Å². The molecule has 0 bridgehead atoms. The molecule has 8 heteroatoms. The summed E-state index contributed by atoms with van der Waals surface area (Å²) in [5.41, 5.74) is 1.86. The minimum Gasteiger partial charge on any atom is -0.508 e. The van der Waals surface area contributed by atoms with Crippen LogP contribution in [0.1, 0.15) is 24.0 Å². The van der Waals surface area contributed by atoms with Crippen molar-refractivity contribution in [2.24, 2.45) is 0 Å². The molecular weight excluding hydrogens is 426 g/mol. The summed E-state index contributed by atoms with van der Waals surface area (Å²) >= 11 is 0. The van der Waals surface area contributed by atoms with E-state index in [1.54, 1.807) is 24.3 Å². The third-order valence-electron chi connectivity index (χ3n) is 5.32. The Morgan fingerprint density at radius 2 is 1.52 bits per heavy atom. The number of aryl methyl sites for hydroxylation is 1. The number of benzene rings is 2. The summed E-state index contributed by atoms with van der Waals surface area (Å²) in [6, 6.07) is 15.2. The van der Waals surface area contributed by atoms with Crippen LogP contribution in [0.2, 0.25) is 0 Å². The molecule has 1 saturated heterocycles. The highest BCUT2D eigenvalue weighted by atomic mass is 16.5. The molecule has 4 N–H and O–H groups in total. The van der Waals surface area contributed by atoms with Gasteiger partial charge in [-0.2, -0.15) is 0 Å². The number of phenols is 1. The van der Waals surface area contributed by atoms with Gasteiger partial charge in [-0.25, -0.2) is 9.59 Å². The van der Waals surface area contributed by atoms with E-state index >= 15 is 0 Å². The molecule has 0 aliphatic carbocycles. The number of carbonyl (C=O) groups is 2. The summed E-state index contributed by atoms with van der Waals surface area (Å²) in [5.74, 6) is -1.50. The molecule has 33 heavy (non-hydrogen) atoms. The first-order valence-electron chi connectivity index (χ1n) is 10.7. The van der Waals surface area contributed by atoms with Gasteiger partial charge in [-0.1, -0.05) is 29.8 Å². The molecule has 2 aromatic rings. The lowest BCUT2D eigenvalue weighted by atomic mass is 9.85. The molecule has 0 amide bonds. The van der Waals surface area contributed by atoms with Gasteiger partial charge in [0.15, 0.2) is 0 Å². The lowest BCUT2D eigenvalue weighted by molar-refractivity contribution is -0.134. The predicted molar refractivity (Wildman–Crippen MR) is 124 cm³/mol. The first-order chi connectivity index (χ1) is 15.6. The van der Waals surface area contributed by atoms with E-state index in [-0.39, 0.29) is 5.75 Å². The number of rotatable bonds is 8. The zero-order chi connectivity index (χ0) is 24.3. The molecule has 0 saturated carbocycles. The lowest BCUT2D eigenvalue weighted by Crippen LogP contribution is -2.46. The van der Waals surface area contributed by atoms with Crippen LogP contribution in [0.3, 0.4) is 0 Å². The van der Waals surface area contributed by atoms with E-state index in [9.17, 15) is 19.8 Å². The number of phenolic OH excluding ortho intramolecular Hbond substituents is 1. The summed E-state index contributed by atoms with van der Waals surface area (Å²) in [6.45, 7) is 5.32. The Kier molecular flexibility index (Phi) is 9.90. The summed E-state index contributed by atoms with van der Waals surface area (Å²) < 4.78 is 5.71. The van der Waals surface area contributed by atoms with E-state index in [0.717, 1.165) is 44.6 Å². The van der Waals surface area contributed by atoms with E-state index in [2.05, 4.69) is 36.1 Å². The molecule has 3 rings (SSSR count). The monoisotopic (exact) mass is 457 g/mol. The van der Waals surface area contributed by atoms with Gasteiger partial charge in [0.05, 0.1) is 5.60 Å². The van der Waals surface area contributed by atoms with E-state index in [4.69, 9.17) is 14.9 Å². The molecule has 2 aromatic carbocycles. The zero-order valence-corrected chi connectivity index (χ0v) is 18.7. The first kappa shape index (κ1) is 25.9. The van der Waals surface area contributed by atoms with Crippen molar-refractivity contribution < 1.29 is 34.8 Å². The lowest BCUT2D eigenvalue weighted by Gasteiger charge is -2.38. The molecule has 0 aromatic heterocycles. The maximum Gasteiger partial charge on any atom is 0.328 e. The number of aliphatic hydroxyl groups is 1.